The second-order valence-corrected chi connectivity index (χ2v) is 10.9. The molecule has 3 atom stereocenters. The highest BCUT2D eigenvalue weighted by Gasteiger charge is 2.33. The molecule has 1 fully saturated rings. The van der Waals surface area contributed by atoms with Crippen molar-refractivity contribution in [1.82, 2.24) is 25.9 Å². The molecule has 1 saturated heterocycles. The van der Waals surface area contributed by atoms with Gasteiger partial charge in [-0.05, 0) is 61.9 Å². The largest absolute Gasteiger partial charge is 0.496 e. The summed E-state index contributed by atoms with van der Waals surface area (Å²) < 4.78 is 10.6. The van der Waals surface area contributed by atoms with E-state index in [-0.39, 0.29) is 29.6 Å². The number of H-pyrrole nitrogens is 1. The van der Waals surface area contributed by atoms with Gasteiger partial charge >= 0.3 is 5.97 Å². The van der Waals surface area contributed by atoms with Crippen molar-refractivity contribution in [3.8, 4) is 5.75 Å². The van der Waals surface area contributed by atoms with Gasteiger partial charge in [0, 0.05) is 29.6 Å². The molecule has 1 aliphatic heterocycles. The minimum absolute atomic E-state index is 0.0245. The number of hydrogen-bond acceptors (Lipinski definition) is 8. The average molecular weight is 592 g/mol. The first kappa shape index (κ1) is 31.2. The molecule has 1 aliphatic rings. The summed E-state index contributed by atoms with van der Waals surface area (Å²) >= 11 is 0. The maximum Gasteiger partial charge on any atom is 0.357 e. The quantitative estimate of drug-likeness (QED) is 0.220. The Balaban J connectivity index is 1.49. The first-order valence-electron chi connectivity index (χ1n) is 14.3. The lowest BCUT2D eigenvalue weighted by atomic mass is 9.90. The van der Waals surface area contributed by atoms with Crippen LogP contribution in [0, 0.1) is 11.8 Å². The number of carbonyl (C=O) groups is 5. The number of ketones is 1. The topological polar surface area (TPSA) is 169 Å². The van der Waals surface area contributed by atoms with Crippen LogP contribution in [0.25, 0.3) is 10.9 Å². The third-order valence-corrected chi connectivity index (χ3v) is 7.26. The molecule has 3 heterocycles. The Morgan fingerprint density at radius 3 is 2.58 bits per heavy atom. The number of nitrogens with one attached hydrogen (secondary N) is 4. The van der Waals surface area contributed by atoms with Gasteiger partial charge in [-0.3, -0.25) is 19.2 Å². The van der Waals surface area contributed by atoms with Crippen molar-refractivity contribution < 1.29 is 33.4 Å². The van der Waals surface area contributed by atoms with Crippen molar-refractivity contribution in [3.63, 3.8) is 0 Å². The minimum Gasteiger partial charge on any atom is -0.496 e. The van der Waals surface area contributed by atoms with E-state index in [0.717, 1.165) is 11.8 Å². The van der Waals surface area contributed by atoms with E-state index >= 15 is 0 Å². The molecule has 0 aliphatic carbocycles. The molecule has 2 aromatic heterocycles. The number of aromatic amines is 1. The molecule has 0 bridgehead atoms. The predicted octanol–water partition coefficient (Wildman–Crippen LogP) is 2.54. The second kappa shape index (κ2) is 14.4. The van der Waals surface area contributed by atoms with Gasteiger partial charge < -0.3 is 30.4 Å². The Bertz CT molecular complexity index is 1470. The number of Topliss-reactive ketones (excluding diaryl/α,β-unsaturated/α-hetero) is 1. The number of esters is 1. The number of aromatic nitrogens is 2. The number of pyridine rings is 1. The Labute approximate surface area is 249 Å². The molecule has 12 nitrogen and oxygen atoms in total. The third-order valence-electron chi connectivity index (χ3n) is 7.26. The molecular formula is C31H37N5O7. The number of hydrogen-bond donors (Lipinski definition) is 4. The Hall–Kier alpha value is -4.74. The van der Waals surface area contributed by atoms with Gasteiger partial charge in [0.1, 0.15) is 23.2 Å². The molecule has 3 amide bonds. The lowest BCUT2D eigenvalue weighted by molar-refractivity contribution is -0.133. The average Bonchev–Trinajstić information content (AvgIpc) is 3.45. The van der Waals surface area contributed by atoms with Gasteiger partial charge in [0.15, 0.2) is 12.4 Å². The fourth-order valence-corrected chi connectivity index (χ4v) is 5.05. The molecule has 0 unspecified atom stereocenters. The van der Waals surface area contributed by atoms with Crippen LogP contribution in [0.15, 0.2) is 48.7 Å². The van der Waals surface area contributed by atoms with E-state index in [9.17, 15) is 24.0 Å². The second-order valence-electron chi connectivity index (χ2n) is 10.9. The zero-order chi connectivity index (χ0) is 30.9. The van der Waals surface area contributed by atoms with E-state index in [0.29, 0.717) is 30.7 Å². The maximum atomic E-state index is 13.6. The van der Waals surface area contributed by atoms with Crippen molar-refractivity contribution in [1.29, 1.82) is 0 Å². The van der Waals surface area contributed by atoms with Crippen LogP contribution in [0.3, 0.4) is 0 Å². The van der Waals surface area contributed by atoms with E-state index < -0.39 is 48.2 Å². The molecule has 4 rings (SSSR count). The van der Waals surface area contributed by atoms with Gasteiger partial charge in [-0.15, -0.1) is 0 Å². The molecule has 0 saturated carbocycles. The number of ether oxygens (including phenoxy) is 2. The highest BCUT2D eigenvalue weighted by Crippen LogP contribution is 2.26. The summed E-state index contributed by atoms with van der Waals surface area (Å²) in [5, 5.41) is 9.03. The summed E-state index contributed by atoms with van der Waals surface area (Å²) in [6.45, 7) is 3.75. The molecule has 4 N–H and O–H groups in total. The van der Waals surface area contributed by atoms with E-state index in [4.69, 9.17) is 9.47 Å². The molecule has 12 heteroatoms. The number of carbonyl (C=O) groups excluding carboxylic acids is 5. The van der Waals surface area contributed by atoms with Crippen LogP contribution < -0.4 is 20.7 Å². The highest BCUT2D eigenvalue weighted by molar-refractivity contribution is 6.02. The summed E-state index contributed by atoms with van der Waals surface area (Å²) in [4.78, 5) is 72.0. The highest BCUT2D eigenvalue weighted by atomic mass is 16.5. The van der Waals surface area contributed by atoms with Crippen LogP contribution in [0.4, 0.5) is 0 Å². The first-order chi connectivity index (χ1) is 20.7. The van der Waals surface area contributed by atoms with Crippen LogP contribution in [-0.2, 0) is 19.1 Å². The molecule has 43 heavy (non-hydrogen) atoms. The zero-order valence-corrected chi connectivity index (χ0v) is 24.5. The lowest BCUT2D eigenvalue weighted by Gasteiger charge is -2.28. The first-order valence-corrected chi connectivity index (χ1v) is 14.3. The predicted molar refractivity (Wildman–Crippen MR) is 157 cm³/mol. The van der Waals surface area contributed by atoms with E-state index in [1.54, 1.807) is 37.4 Å². The van der Waals surface area contributed by atoms with E-state index in [2.05, 4.69) is 25.9 Å². The fourth-order valence-electron chi connectivity index (χ4n) is 5.05. The standard InChI is InChI=1S/C31H37N5O7/c1-18(2)14-24(36-30(40)25-16-20-21(34-25)10-6-11-27(20)42-3)29(39)35-23(15-19-8-7-13-33-28(19)38)26(37)17-43-31(41)22-9-4-5-12-32-22/h4-6,9-12,16,18-19,23-24,34H,7-8,13-15,17H2,1-3H3,(H,33,38)(H,35,39)(H,36,40)/t19-,23-,24-/m0/s1. The summed E-state index contributed by atoms with van der Waals surface area (Å²) in [6, 6.07) is 9.66. The molecule has 228 valence electrons. The van der Waals surface area contributed by atoms with Crippen molar-refractivity contribution in [2.45, 2.75) is 51.6 Å². The number of methoxy groups -OCH3 is 1. The molecule has 1 aromatic carbocycles. The number of amides is 3. The van der Waals surface area contributed by atoms with Crippen molar-refractivity contribution in [2.75, 3.05) is 20.3 Å². The van der Waals surface area contributed by atoms with Crippen LogP contribution >= 0.6 is 0 Å². The Kier molecular flexibility index (Phi) is 10.5. The van der Waals surface area contributed by atoms with Crippen molar-refractivity contribution >= 4 is 40.4 Å². The normalized spacial score (nSPS) is 16.2. The fraction of sp³-hybridized carbons (Fsp3) is 0.419. The van der Waals surface area contributed by atoms with Gasteiger partial charge in [0.25, 0.3) is 5.91 Å². The lowest BCUT2D eigenvalue weighted by Crippen LogP contribution is -2.54. The summed E-state index contributed by atoms with van der Waals surface area (Å²) in [7, 11) is 1.54. The summed E-state index contributed by atoms with van der Waals surface area (Å²) in [5.74, 6) is -2.53. The van der Waals surface area contributed by atoms with Crippen molar-refractivity contribution in [2.24, 2.45) is 11.8 Å². The van der Waals surface area contributed by atoms with Gasteiger partial charge in [-0.2, -0.15) is 0 Å². The van der Waals surface area contributed by atoms with Crippen molar-refractivity contribution in [3.05, 3.63) is 60.0 Å². The number of rotatable bonds is 13. The molecule has 0 radical (unpaired) electrons. The van der Waals surface area contributed by atoms with Gasteiger partial charge in [-0.25, -0.2) is 9.78 Å². The van der Waals surface area contributed by atoms with E-state index in [1.807, 2.05) is 19.9 Å². The zero-order valence-electron chi connectivity index (χ0n) is 24.5. The number of piperidine rings is 1. The SMILES string of the molecule is COc1cccc2[nH]c(C(=O)N[C@@H](CC(C)C)C(=O)N[C@@H](C[C@@H]3CCCNC3=O)C(=O)COC(=O)c3ccccn3)cc12. The number of nitrogens with zero attached hydrogens (tertiary/aromatic N) is 1. The van der Waals surface area contributed by atoms with Gasteiger partial charge in [-0.1, -0.05) is 26.0 Å². The monoisotopic (exact) mass is 591 g/mol. The number of benzene rings is 1. The number of fused-ring (bicyclic) bond motifs is 1. The minimum atomic E-state index is -1.12. The molecule has 3 aromatic rings. The van der Waals surface area contributed by atoms with Crippen LogP contribution in [0.5, 0.6) is 5.75 Å². The molecular weight excluding hydrogens is 554 g/mol. The van der Waals surface area contributed by atoms with Gasteiger partial charge in [0.2, 0.25) is 11.8 Å². The molecule has 0 spiro atoms. The van der Waals surface area contributed by atoms with Crippen LogP contribution in [0.2, 0.25) is 0 Å². The van der Waals surface area contributed by atoms with Crippen LogP contribution in [0.1, 0.15) is 60.5 Å². The maximum absolute atomic E-state index is 13.6. The van der Waals surface area contributed by atoms with E-state index in [1.165, 1.54) is 12.3 Å². The Morgan fingerprint density at radius 1 is 1.07 bits per heavy atom. The van der Waals surface area contributed by atoms with Crippen LogP contribution in [-0.4, -0.2) is 71.8 Å². The van der Waals surface area contributed by atoms with Gasteiger partial charge in [0.05, 0.1) is 13.2 Å². The smallest absolute Gasteiger partial charge is 0.357 e. The summed E-state index contributed by atoms with van der Waals surface area (Å²) in [6.07, 6.45) is 3.04. The third kappa shape index (κ3) is 8.18. The Morgan fingerprint density at radius 2 is 1.88 bits per heavy atom. The summed E-state index contributed by atoms with van der Waals surface area (Å²) in [5.41, 5.74) is 0.983.